The number of nitrogens with one attached hydrogen (secondary N) is 1. The van der Waals surface area contributed by atoms with E-state index in [4.69, 9.17) is 0 Å². The van der Waals surface area contributed by atoms with Crippen molar-refractivity contribution in [2.45, 2.75) is 45.1 Å². The smallest absolute Gasteiger partial charge is 0.254 e. The summed E-state index contributed by atoms with van der Waals surface area (Å²) in [4.78, 5) is 28.0. The van der Waals surface area contributed by atoms with Gasteiger partial charge in [-0.15, -0.1) is 0 Å². The number of anilines is 1. The van der Waals surface area contributed by atoms with E-state index in [0.29, 0.717) is 30.8 Å². The molecule has 3 rings (SSSR count). The first-order valence-electron chi connectivity index (χ1n) is 9.21. The average Bonchev–Trinajstić information content (AvgIpc) is 3.15. The summed E-state index contributed by atoms with van der Waals surface area (Å²) in [7, 11) is 0. The molecule has 0 aromatic heterocycles. The van der Waals surface area contributed by atoms with Crippen molar-refractivity contribution in [3.8, 4) is 0 Å². The number of hydrogen-bond donors (Lipinski definition) is 1. The molecule has 2 aliphatic heterocycles. The molecule has 0 spiro atoms. The first-order chi connectivity index (χ1) is 12.1. The summed E-state index contributed by atoms with van der Waals surface area (Å²) in [5.74, 6) is -0.497. The number of halogens is 1. The topological polar surface area (TPSA) is 52.7 Å². The lowest BCUT2D eigenvalue weighted by Crippen LogP contribution is -2.49. The molecule has 1 unspecified atom stereocenters. The third kappa shape index (κ3) is 4.11. The molecule has 2 aliphatic rings. The maximum Gasteiger partial charge on any atom is 0.254 e. The Labute approximate surface area is 148 Å². The Kier molecular flexibility index (Phi) is 5.56. The quantitative estimate of drug-likeness (QED) is 0.911. The van der Waals surface area contributed by atoms with Gasteiger partial charge in [0.1, 0.15) is 5.82 Å². The summed E-state index contributed by atoms with van der Waals surface area (Å²) in [5, 5.41) is 2.95. The molecule has 1 aromatic rings. The number of benzene rings is 1. The minimum absolute atomic E-state index is 0.000287. The van der Waals surface area contributed by atoms with Gasteiger partial charge in [-0.25, -0.2) is 4.39 Å². The maximum atomic E-state index is 14.5. The molecular formula is C19H26FN3O2. The zero-order valence-corrected chi connectivity index (χ0v) is 14.8. The highest BCUT2D eigenvalue weighted by Crippen LogP contribution is 2.25. The van der Waals surface area contributed by atoms with Crippen molar-refractivity contribution in [3.05, 3.63) is 29.6 Å². The molecule has 2 heterocycles. The monoisotopic (exact) mass is 347 g/mol. The van der Waals surface area contributed by atoms with E-state index in [1.54, 1.807) is 17.0 Å². The van der Waals surface area contributed by atoms with Crippen molar-refractivity contribution in [3.63, 3.8) is 0 Å². The first kappa shape index (κ1) is 17.7. The first-order valence-corrected chi connectivity index (χ1v) is 9.21. The van der Waals surface area contributed by atoms with Crippen LogP contribution in [0.3, 0.4) is 0 Å². The third-order valence-corrected chi connectivity index (χ3v) is 5.04. The van der Waals surface area contributed by atoms with E-state index in [2.05, 4.69) is 5.32 Å². The summed E-state index contributed by atoms with van der Waals surface area (Å²) in [6.07, 6.45) is 4.32. The number of piperidine rings is 1. The summed E-state index contributed by atoms with van der Waals surface area (Å²) in [6, 6.07) is 4.77. The van der Waals surface area contributed by atoms with Gasteiger partial charge in [-0.05, 0) is 43.9 Å². The Bertz CT molecular complexity index is 644. The minimum Gasteiger partial charge on any atom is -0.369 e. The van der Waals surface area contributed by atoms with Gasteiger partial charge in [0.05, 0.1) is 5.69 Å². The number of carbonyl (C=O) groups is 2. The number of amides is 2. The zero-order chi connectivity index (χ0) is 17.8. The van der Waals surface area contributed by atoms with Crippen molar-refractivity contribution >= 4 is 17.5 Å². The Hall–Kier alpha value is -2.11. The maximum absolute atomic E-state index is 14.5. The molecule has 0 bridgehead atoms. The van der Waals surface area contributed by atoms with Gasteiger partial charge in [0.15, 0.2) is 0 Å². The number of hydrogen-bond acceptors (Lipinski definition) is 3. The van der Waals surface area contributed by atoms with Gasteiger partial charge < -0.3 is 15.1 Å². The molecule has 136 valence electrons. The number of carbonyl (C=O) groups excluding carboxylic acids is 2. The van der Waals surface area contributed by atoms with Crippen LogP contribution in [0.5, 0.6) is 0 Å². The SMILES string of the molecule is CCC(=O)NC1CCCN(C(=O)c2ccc(N3CCCC3)c(F)c2)C1. The van der Waals surface area contributed by atoms with E-state index < -0.39 is 0 Å². The van der Waals surface area contributed by atoms with Crippen molar-refractivity contribution in [1.82, 2.24) is 10.2 Å². The predicted octanol–water partition coefficient (Wildman–Crippen LogP) is 2.56. The highest BCUT2D eigenvalue weighted by molar-refractivity contribution is 5.94. The van der Waals surface area contributed by atoms with Crippen molar-refractivity contribution in [1.29, 1.82) is 0 Å². The molecule has 1 atom stereocenters. The molecular weight excluding hydrogens is 321 g/mol. The van der Waals surface area contributed by atoms with Gasteiger partial charge in [0.2, 0.25) is 5.91 Å². The normalized spacial score (nSPS) is 20.6. The van der Waals surface area contributed by atoms with Crippen LogP contribution in [0.15, 0.2) is 18.2 Å². The number of nitrogens with zero attached hydrogens (tertiary/aromatic N) is 2. The highest BCUT2D eigenvalue weighted by atomic mass is 19.1. The van der Waals surface area contributed by atoms with E-state index in [9.17, 15) is 14.0 Å². The molecule has 1 N–H and O–H groups in total. The van der Waals surface area contributed by atoms with E-state index in [1.807, 2.05) is 11.8 Å². The Morgan fingerprint density at radius 2 is 1.96 bits per heavy atom. The molecule has 2 saturated heterocycles. The second-order valence-corrected chi connectivity index (χ2v) is 6.87. The van der Waals surface area contributed by atoms with Gasteiger partial charge in [0.25, 0.3) is 5.91 Å². The molecule has 2 amide bonds. The van der Waals surface area contributed by atoms with Crippen LogP contribution in [-0.2, 0) is 4.79 Å². The number of likely N-dealkylation sites (tertiary alicyclic amines) is 1. The molecule has 2 fully saturated rings. The summed E-state index contributed by atoms with van der Waals surface area (Å²) < 4.78 is 14.5. The van der Waals surface area contributed by atoms with Crippen LogP contribution in [0.25, 0.3) is 0 Å². The Morgan fingerprint density at radius 3 is 2.64 bits per heavy atom. The average molecular weight is 347 g/mol. The molecule has 0 radical (unpaired) electrons. The standard InChI is InChI=1S/C19H26FN3O2/c1-2-18(24)21-15-6-5-11-23(13-15)19(25)14-7-8-17(16(20)12-14)22-9-3-4-10-22/h7-8,12,15H,2-6,9-11,13H2,1H3,(H,21,24). The van der Waals surface area contributed by atoms with Gasteiger partial charge >= 0.3 is 0 Å². The Balaban J connectivity index is 1.67. The predicted molar refractivity (Wildman–Crippen MR) is 95.2 cm³/mol. The van der Waals surface area contributed by atoms with Crippen LogP contribution in [0.1, 0.15) is 49.4 Å². The van der Waals surface area contributed by atoms with Gasteiger partial charge in [-0.3, -0.25) is 9.59 Å². The lowest BCUT2D eigenvalue weighted by Gasteiger charge is -2.33. The molecule has 5 nitrogen and oxygen atoms in total. The van der Waals surface area contributed by atoms with Crippen LogP contribution >= 0.6 is 0 Å². The Morgan fingerprint density at radius 1 is 1.20 bits per heavy atom. The van der Waals surface area contributed by atoms with Crippen LogP contribution in [0.4, 0.5) is 10.1 Å². The van der Waals surface area contributed by atoms with Crippen LogP contribution < -0.4 is 10.2 Å². The van der Waals surface area contributed by atoms with Crippen LogP contribution in [0.2, 0.25) is 0 Å². The minimum atomic E-state index is -0.333. The van der Waals surface area contributed by atoms with Crippen LogP contribution in [-0.4, -0.2) is 48.9 Å². The summed E-state index contributed by atoms with van der Waals surface area (Å²) in [5.41, 5.74) is 0.962. The molecule has 0 aliphatic carbocycles. The van der Waals surface area contributed by atoms with E-state index in [0.717, 1.165) is 38.8 Å². The third-order valence-electron chi connectivity index (χ3n) is 5.04. The van der Waals surface area contributed by atoms with Gasteiger partial charge in [0, 0.05) is 44.2 Å². The summed E-state index contributed by atoms with van der Waals surface area (Å²) in [6.45, 7) is 4.68. The van der Waals surface area contributed by atoms with Gasteiger partial charge in [-0.1, -0.05) is 6.92 Å². The number of rotatable bonds is 4. The fraction of sp³-hybridized carbons (Fsp3) is 0.579. The largest absolute Gasteiger partial charge is 0.369 e. The van der Waals surface area contributed by atoms with E-state index >= 15 is 0 Å². The lowest BCUT2D eigenvalue weighted by molar-refractivity contribution is -0.121. The fourth-order valence-electron chi connectivity index (χ4n) is 3.65. The second-order valence-electron chi connectivity index (χ2n) is 6.87. The second kappa shape index (κ2) is 7.85. The van der Waals surface area contributed by atoms with Crippen molar-refractivity contribution < 1.29 is 14.0 Å². The molecule has 1 aromatic carbocycles. The van der Waals surface area contributed by atoms with Gasteiger partial charge in [-0.2, -0.15) is 0 Å². The van der Waals surface area contributed by atoms with E-state index in [-0.39, 0.29) is 23.7 Å². The summed E-state index contributed by atoms with van der Waals surface area (Å²) >= 11 is 0. The molecule has 6 heteroatoms. The zero-order valence-electron chi connectivity index (χ0n) is 14.8. The fourth-order valence-corrected chi connectivity index (χ4v) is 3.65. The lowest BCUT2D eigenvalue weighted by atomic mass is 10.0. The van der Waals surface area contributed by atoms with Crippen molar-refractivity contribution in [2.75, 3.05) is 31.1 Å². The molecule has 25 heavy (non-hydrogen) atoms. The van der Waals surface area contributed by atoms with Crippen LogP contribution in [0, 0.1) is 5.82 Å². The highest BCUT2D eigenvalue weighted by Gasteiger charge is 2.26. The van der Waals surface area contributed by atoms with E-state index in [1.165, 1.54) is 6.07 Å². The van der Waals surface area contributed by atoms with Crippen molar-refractivity contribution in [2.24, 2.45) is 0 Å². The molecule has 0 saturated carbocycles.